The van der Waals surface area contributed by atoms with E-state index in [0.29, 0.717) is 19.0 Å². The zero-order chi connectivity index (χ0) is 5.98. The van der Waals surface area contributed by atoms with Crippen molar-refractivity contribution in [2.24, 2.45) is 5.92 Å². The standard InChI is InChI=1S/C6H8O2/c1-5-2-6(5)3-8-4-7/h2,4,6H,3H2,1H3. The van der Waals surface area contributed by atoms with E-state index in [1.54, 1.807) is 0 Å². The van der Waals surface area contributed by atoms with Crippen molar-refractivity contribution in [2.75, 3.05) is 6.61 Å². The highest BCUT2D eigenvalue weighted by atomic mass is 16.5. The van der Waals surface area contributed by atoms with E-state index in [9.17, 15) is 4.79 Å². The van der Waals surface area contributed by atoms with Gasteiger partial charge in [-0.05, 0) is 6.92 Å². The molecule has 1 aliphatic carbocycles. The first-order valence-electron chi connectivity index (χ1n) is 2.58. The van der Waals surface area contributed by atoms with E-state index in [0.717, 1.165) is 0 Å². The first-order chi connectivity index (χ1) is 3.84. The molecule has 0 bridgehead atoms. The maximum atomic E-state index is 9.60. The Morgan fingerprint density at radius 1 is 2.00 bits per heavy atom. The Kier molecular flexibility index (Phi) is 1.33. The molecule has 0 aromatic rings. The molecule has 0 fully saturated rings. The lowest BCUT2D eigenvalue weighted by molar-refractivity contribution is -0.128. The lowest BCUT2D eigenvalue weighted by Crippen LogP contribution is -1.94. The molecule has 0 spiro atoms. The second-order valence-electron chi connectivity index (χ2n) is 1.95. The summed E-state index contributed by atoms with van der Waals surface area (Å²) in [6, 6.07) is 0. The van der Waals surface area contributed by atoms with Gasteiger partial charge in [0.2, 0.25) is 0 Å². The van der Waals surface area contributed by atoms with Crippen molar-refractivity contribution in [1.29, 1.82) is 0 Å². The minimum atomic E-state index is 0.459. The number of hydrogen-bond acceptors (Lipinski definition) is 2. The van der Waals surface area contributed by atoms with Gasteiger partial charge in [0, 0.05) is 5.92 Å². The molecule has 0 radical (unpaired) electrons. The van der Waals surface area contributed by atoms with Crippen molar-refractivity contribution < 1.29 is 9.53 Å². The van der Waals surface area contributed by atoms with Crippen LogP contribution in [-0.4, -0.2) is 13.1 Å². The molecule has 0 aliphatic heterocycles. The van der Waals surface area contributed by atoms with Crippen LogP contribution >= 0.6 is 0 Å². The molecule has 8 heavy (non-hydrogen) atoms. The largest absolute Gasteiger partial charge is 0.467 e. The summed E-state index contributed by atoms with van der Waals surface area (Å²) in [5.74, 6) is 0.459. The van der Waals surface area contributed by atoms with Gasteiger partial charge in [-0.2, -0.15) is 0 Å². The minimum absolute atomic E-state index is 0.459. The Hall–Kier alpha value is -0.790. The molecule has 2 heteroatoms. The molecule has 1 unspecified atom stereocenters. The Morgan fingerprint density at radius 3 is 3.00 bits per heavy atom. The maximum Gasteiger partial charge on any atom is 0.293 e. The van der Waals surface area contributed by atoms with E-state index in [1.165, 1.54) is 5.57 Å². The average Bonchev–Trinajstić information content (AvgIpc) is 2.42. The summed E-state index contributed by atoms with van der Waals surface area (Å²) in [7, 11) is 0. The van der Waals surface area contributed by atoms with Crippen molar-refractivity contribution in [3.63, 3.8) is 0 Å². The molecule has 0 heterocycles. The molecular weight excluding hydrogens is 104 g/mol. The van der Waals surface area contributed by atoms with Gasteiger partial charge in [-0.3, -0.25) is 4.79 Å². The molecule has 0 N–H and O–H groups in total. The SMILES string of the molecule is CC1=CC1COC=O. The normalized spacial score (nSPS) is 24.1. The summed E-state index contributed by atoms with van der Waals surface area (Å²) < 4.78 is 4.50. The molecule has 0 amide bonds. The predicted molar refractivity (Wildman–Crippen MR) is 29.3 cm³/mol. The highest BCUT2D eigenvalue weighted by molar-refractivity contribution is 5.38. The van der Waals surface area contributed by atoms with Gasteiger partial charge in [0.05, 0.1) is 0 Å². The lowest BCUT2D eigenvalue weighted by Gasteiger charge is -1.92. The van der Waals surface area contributed by atoms with E-state index in [-0.39, 0.29) is 0 Å². The number of carbonyl (C=O) groups is 1. The third-order valence-electron chi connectivity index (χ3n) is 1.28. The summed E-state index contributed by atoms with van der Waals surface area (Å²) in [5.41, 5.74) is 1.33. The van der Waals surface area contributed by atoms with Gasteiger partial charge in [0.25, 0.3) is 6.47 Å². The van der Waals surface area contributed by atoms with Gasteiger partial charge in [0.15, 0.2) is 0 Å². The lowest BCUT2D eigenvalue weighted by atomic mass is 10.3. The monoisotopic (exact) mass is 112 g/mol. The molecule has 1 atom stereocenters. The van der Waals surface area contributed by atoms with Crippen LogP contribution < -0.4 is 0 Å². The molecule has 0 saturated carbocycles. The van der Waals surface area contributed by atoms with Gasteiger partial charge in [0.1, 0.15) is 6.61 Å². The van der Waals surface area contributed by atoms with Gasteiger partial charge in [-0.15, -0.1) is 0 Å². The number of rotatable bonds is 3. The van der Waals surface area contributed by atoms with Crippen molar-refractivity contribution in [3.8, 4) is 0 Å². The van der Waals surface area contributed by atoms with Crippen molar-refractivity contribution in [2.45, 2.75) is 6.92 Å². The first kappa shape index (κ1) is 5.35. The summed E-state index contributed by atoms with van der Waals surface area (Å²) in [6.07, 6.45) is 2.07. The van der Waals surface area contributed by atoms with Gasteiger partial charge >= 0.3 is 0 Å². The van der Waals surface area contributed by atoms with Gasteiger partial charge in [-0.1, -0.05) is 11.6 Å². The molecular formula is C6H8O2. The summed E-state index contributed by atoms with van der Waals surface area (Å²) >= 11 is 0. The molecule has 1 aliphatic rings. The topological polar surface area (TPSA) is 26.3 Å². The molecule has 0 aromatic heterocycles. The van der Waals surface area contributed by atoms with E-state index in [4.69, 9.17) is 0 Å². The zero-order valence-electron chi connectivity index (χ0n) is 4.76. The van der Waals surface area contributed by atoms with Crippen LogP contribution in [0.5, 0.6) is 0 Å². The number of hydrogen-bond donors (Lipinski definition) is 0. The Bertz CT molecular complexity index is 126. The van der Waals surface area contributed by atoms with Gasteiger partial charge in [-0.25, -0.2) is 0 Å². The van der Waals surface area contributed by atoms with Crippen molar-refractivity contribution in [3.05, 3.63) is 11.6 Å². The number of carbonyl (C=O) groups excluding carboxylic acids is 1. The second kappa shape index (κ2) is 1.99. The first-order valence-corrected chi connectivity index (χ1v) is 2.58. The van der Waals surface area contributed by atoms with Crippen LogP contribution in [0.4, 0.5) is 0 Å². The maximum absolute atomic E-state index is 9.60. The fourth-order valence-electron chi connectivity index (χ4n) is 0.592. The third kappa shape index (κ3) is 1.09. The molecule has 1 rings (SSSR count). The van der Waals surface area contributed by atoms with Crippen LogP contribution in [0.15, 0.2) is 11.6 Å². The summed E-state index contributed by atoms with van der Waals surface area (Å²) in [5, 5.41) is 0. The zero-order valence-corrected chi connectivity index (χ0v) is 4.76. The van der Waals surface area contributed by atoms with Crippen LogP contribution in [0.2, 0.25) is 0 Å². The summed E-state index contributed by atoms with van der Waals surface area (Å²) in [6.45, 7) is 3.05. The van der Waals surface area contributed by atoms with Crippen LogP contribution in [0.3, 0.4) is 0 Å². The fraction of sp³-hybridized carbons (Fsp3) is 0.500. The second-order valence-corrected chi connectivity index (χ2v) is 1.95. The molecule has 2 nitrogen and oxygen atoms in total. The minimum Gasteiger partial charge on any atom is -0.467 e. The molecule has 0 saturated heterocycles. The smallest absolute Gasteiger partial charge is 0.293 e. The third-order valence-corrected chi connectivity index (χ3v) is 1.28. The van der Waals surface area contributed by atoms with Crippen LogP contribution in [0.25, 0.3) is 0 Å². The fourth-order valence-corrected chi connectivity index (χ4v) is 0.592. The van der Waals surface area contributed by atoms with Crippen molar-refractivity contribution in [1.82, 2.24) is 0 Å². The average molecular weight is 112 g/mol. The molecule has 0 aromatic carbocycles. The van der Waals surface area contributed by atoms with E-state index in [2.05, 4.69) is 10.8 Å². The highest BCUT2D eigenvalue weighted by Gasteiger charge is 2.19. The van der Waals surface area contributed by atoms with E-state index < -0.39 is 0 Å². The Morgan fingerprint density at radius 2 is 2.62 bits per heavy atom. The van der Waals surface area contributed by atoms with Crippen LogP contribution in [0, 0.1) is 5.92 Å². The van der Waals surface area contributed by atoms with Crippen molar-refractivity contribution >= 4 is 6.47 Å². The quantitative estimate of drug-likeness (QED) is 0.397. The molecule has 44 valence electrons. The Balaban J connectivity index is 1.99. The highest BCUT2D eigenvalue weighted by Crippen LogP contribution is 2.27. The van der Waals surface area contributed by atoms with Gasteiger partial charge < -0.3 is 4.74 Å². The predicted octanol–water partition coefficient (Wildman–Crippen LogP) is 0.736. The number of ether oxygens (including phenoxy) is 1. The van der Waals surface area contributed by atoms with Crippen LogP contribution in [0.1, 0.15) is 6.92 Å². The van der Waals surface area contributed by atoms with Crippen LogP contribution in [-0.2, 0) is 9.53 Å². The van der Waals surface area contributed by atoms with E-state index >= 15 is 0 Å². The van der Waals surface area contributed by atoms with E-state index in [1.807, 2.05) is 6.92 Å². The summed E-state index contributed by atoms with van der Waals surface area (Å²) in [4.78, 5) is 9.60. The Labute approximate surface area is 48.1 Å².